The molecular formula is C18H27IN4O2. The molecular weight excluding hydrogens is 431 g/mol. The summed E-state index contributed by atoms with van der Waals surface area (Å²) in [6.45, 7) is 8.08. The van der Waals surface area contributed by atoms with E-state index in [1.807, 2.05) is 39.0 Å². The van der Waals surface area contributed by atoms with E-state index in [4.69, 9.17) is 4.42 Å². The number of nitrogens with one attached hydrogen (secondary N) is 3. The second-order valence-electron chi connectivity index (χ2n) is 5.55. The molecule has 138 valence electrons. The smallest absolute Gasteiger partial charge is 0.241 e. The van der Waals surface area contributed by atoms with Crippen molar-refractivity contribution in [2.24, 2.45) is 4.99 Å². The van der Waals surface area contributed by atoms with Crippen LogP contribution in [0.3, 0.4) is 0 Å². The zero-order valence-corrected chi connectivity index (χ0v) is 17.3. The molecule has 0 saturated carbocycles. The Hall–Kier alpha value is -1.77. The van der Waals surface area contributed by atoms with Crippen LogP contribution in [0.25, 0.3) is 11.0 Å². The Morgan fingerprint density at radius 2 is 1.92 bits per heavy atom. The molecule has 0 bridgehead atoms. The molecule has 0 atom stereocenters. The zero-order valence-electron chi connectivity index (χ0n) is 15.0. The minimum Gasteiger partial charge on any atom is -0.459 e. The van der Waals surface area contributed by atoms with Gasteiger partial charge < -0.3 is 20.4 Å². The molecule has 0 aliphatic heterocycles. The number of hydrogen-bond donors (Lipinski definition) is 3. The van der Waals surface area contributed by atoms with Crippen LogP contribution in [0.15, 0.2) is 33.7 Å². The first-order chi connectivity index (χ1) is 11.7. The molecule has 0 unspecified atom stereocenters. The Bertz CT molecular complexity index is 712. The lowest BCUT2D eigenvalue weighted by Gasteiger charge is -2.10. The fourth-order valence-electron chi connectivity index (χ4n) is 2.37. The molecule has 1 aromatic heterocycles. The summed E-state index contributed by atoms with van der Waals surface area (Å²) in [4.78, 5) is 16.0. The number of rotatable bonds is 7. The van der Waals surface area contributed by atoms with Crippen molar-refractivity contribution in [1.29, 1.82) is 0 Å². The van der Waals surface area contributed by atoms with Crippen LogP contribution in [0.4, 0.5) is 0 Å². The van der Waals surface area contributed by atoms with Crippen molar-refractivity contribution in [3.05, 3.63) is 35.6 Å². The fraction of sp³-hybridized carbons (Fsp3) is 0.444. The second-order valence-corrected chi connectivity index (χ2v) is 5.55. The summed E-state index contributed by atoms with van der Waals surface area (Å²) in [5.41, 5.74) is 2.00. The van der Waals surface area contributed by atoms with E-state index in [0.29, 0.717) is 19.0 Å². The van der Waals surface area contributed by atoms with Gasteiger partial charge in [-0.2, -0.15) is 0 Å². The molecule has 0 saturated heterocycles. The molecule has 0 aliphatic carbocycles. The Morgan fingerprint density at radius 1 is 1.16 bits per heavy atom. The number of aliphatic imine (C=N–C) groups is 1. The number of amides is 1. The highest BCUT2D eigenvalue weighted by Gasteiger charge is 2.10. The Kier molecular flexibility index (Phi) is 9.33. The molecule has 2 aromatic rings. The number of fused-ring (bicyclic) bond motifs is 1. The van der Waals surface area contributed by atoms with Crippen molar-refractivity contribution >= 4 is 46.8 Å². The predicted octanol–water partition coefficient (Wildman–Crippen LogP) is 2.94. The van der Waals surface area contributed by atoms with Gasteiger partial charge in [-0.05, 0) is 26.3 Å². The van der Waals surface area contributed by atoms with Crippen LogP contribution in [0, 0.1) is 6.92 Å². The van der Waals surface area contributed by atoms with Crippen LogP contribution in [0.5, 0.6) is 0 Å². The maximum absolute atomic E-state index is 11.7. The SMILES string of the molecule is CCCNC(=O)CN=C(NCC)NCc1oc2ccccc2c1C.I. The van der Waals surface area contributed by atoms with E-state index in [0.717, 1.165) is 35.3 Å². The third kappa shape index (κ3) is 6.22. The summed E-state index contributed by atoms with van der Waals surface area (Å²) >= 11 is 0. The van der Waals surface area contributed by atoms with Gasteiger partial charge in [0.25, 0.3) is 0 Å². The normalized spacial score (nSPS) is 11.1. The number of hydrogen-bond acceptors (Lipinski definition) is 3. The first-order valence-corrected chi connectivity index (χ1v) is 8.41. The predicted molar refractivity (Wildman–Crippen MR) is 112 cm³/mol. The molecule has 2 rings (SSSR count). The highest BCUT2D eigenvalue weighted by atomic mass is 127. The molecule has 1 amide bonds. The van der Waals surface area contributed by atoms with E-state index in [2.05, 4.69) is 27.0 Å². The molecule has 6 nitrogen and oxygen atoms in total. The van der Waals surface area contributed by atoms with Gasteiger partial charge in [-0.3, -0.25) is 4.79 Å². The van der Waals surface area contributed by atoms with Crippen LogP contribution in [0.2, 0.25) is 0 Å². The van der Waals surface area contributed by atoms with Crippen molar-refractivity contribution in [1.82, 2.24) is 16.0 Å². The maximum atomic E-state index is 11.7. The van der Waals surface area contributed by atoms with Crippen LogP contribution in [0.1, 0.15) is 31.6 Å². The van der Waals surface area contributed by atoms with E-state index >= 15 is 0 Å². The van der Waals surface area contributed by atoms with Crippen LogP contribution in [-0.2, 0) is 11.3 Å². The number of nitrogens with zero attached hydrogens (tertiary/aromatic N) is 1. The van der Waals surface area contributed by atoms with Crippen LogP contribution in [-0.4, -0.2) is 31.5 Å². The van der Waals surface area contributed by atoms with Crippen molar-refractivity contribution in [3.8, 4) is 0 Å². The third-order valence-electron chi connectivity index (χ3n) is 3.66. The number of furan rings is 1. The minimum absolute atomic E-state index is 0. The molecule has 0 fully saturated rings. The summed E-state index contributed by atoms with van der Waals surface area (Å²) in [5.74, 6) is 1.40. The highest BCUT2D eigenvalue weighted by Crippen LogP contribution is 2.24. The summed E-state index contributed by atoms with van der Waals surface area (Å²) in [7, 11) is 0. The molecule has 3 N–H and O–H groups in total. The van der Waals surface area contributed by atoms with Gasteiger partial charge in [0, 0.05) is 24.0 Å². The topological polar surface area (TPSA) is 78.7 Å². The van der Waals surface area contributed by atoms with E-state index < -0.39 is 0 Å². The number of aryl methyl sites for hydroxylation is 1. The average molecular weight is 458 g/mol. The number of carbonyl (C=O) groups is 1. The van der Waals surface area contributed by atoms with Gasteiger partial charge in [-0.1, -0.05) is 25.1 Å². The first-order valence-electron chi connectivity index (χ1n) is 8.41. The summed E-state index contributed by atoms with van der Waals surface area (Å²) < 4.78 is 5.88. The average Bonchev–Trinajstić information content (AvgIpc) is 2.92. The van der Waals surface area contributed by atoms with Gasteiger partial charge in [-0.15, -0.1) is 24.0 Å². The van der Waals surface area contributed by atoms with Crippen molar-refractivity contribution in [3.63, 3.8) is 0 Å². The van der Waals surface area contributed by atoms with Crippen molar-refractivity contribution in [2.45, 2.75) is 33.7 Å². The first kappa shape index (κ1) is 21.3. The molecule has 1 heterocycles. The molecule has 1 aromatic carbocycles. The van der Waals surface area contributed by atoms with Crippen molar-refractivity contribution < 1.29 is 9.21 Å². The van der Waals surface area contributed by atoms with E-state index in [9.17, 15) is 4.79 Å². The lowest BCUT2D eigenvalue weighted by Crippen LogP contribution is -2.38. The molecule has 0 radical (unpaired) electrons. The van der Waals surface area contributed by atoms with E-state index in [1.165, 1.54) is 0 Å². The maximum Gasteiger partial charge on any atom is 0.241 e. The molecule has 25 heavy (non-hydrogen) atoms. The number of guanidine groups is 1. The third-order valence-corrected chi connectivity index (χ3v) is 3.66. The summed E-state index contributed by atoms with van der Waals surface area (Å²) in [6, 6.07) is 7.98. The largest absolute Gasteiger partial charge is 0.459 e. The number of para-hydroxylation sites is 1. The van der Waals surface area contributed by atoms with Gasteiger partial charge in [0.1, 0.15) is 17.9 Å². The van der Waals surface area contributed by atoms with Crippen LogP contribution >= 0.6 is 24.0 Å². The summed E-state index contributed by atoms with van der Waals surface area (Å²) in [6.07, 6.45) is 0.916. The highest BCUT2D eigenvalue weighted by molar-refractivity contribution is 14.0. The van der Waals surface area contributed by atoms with E-state index in [-0.39, 0.29) is 36.4 Å². The molecule has 0 spiro atoms. The van der Waals surface area contributed by atoms with Gasteiger partial charge in [-0.25, -0.2) is 4.99 Å². The fourth-order valence-corrected chi connectivity index (χ4v) is 2.37. The van der Waals surface area contributed by atoms with E-state index in [1.54, 1.807) is 0 Å². The monoisotopic (exact) mass is 458 g/mol. The Labute approximate surface area is 165 Å². The quantitative estimate of drug-likeness (QED) is 0.339. The van der Waals surface area contributed by atoms with Gasteiger partial charge in [0.2, 0.25) is 5.91 Å². The summed E-state index contributed by atoms with van der Waals surface area (Å²) in [5, 5.41) is 10.3. The van der Waals surface area contributed by atoms with Crippen LogP contribution < -0.4 is 16.0 Å². The molecule has 7 heteroatoms. The van der Waals surface area contributed by atoms with Crippen molar-refractivity contribution in [2.75, 3.05) is 19.6 Å². The number of benzene rings is 1. The second kappa shape index (κ2) is 11.0. The molecule has 0 aliphatic rings. The number of halogens is 1. The van der Waals surface area contributed by atoms with Gasteiger partial charge >= 0.3 is 0 Å². The van der Waals surface area contributed by atoms with Gasteiger partial charge in [0.05, 0.1) is 6.54 Å². The standard InChI is InChI=1S/C18H26N4O2.HI/c1-4-10-20-17(23)12-22-18(19-5-2)21-11-16-13(3)14-8-6-7-9-15(14)24-16;/h6-9H,4-5,10-12H2,1-3H3,(H,20,23)(H2,19,21,22);1H. The Balaban J connectivity index is 0.00000312. The Morgan fingerprint density at radius 3 is 2.60 bits per heavy atom. The lowest BCUT2D eigenvalue weighted by molar-refractivity contribution is -0.119. The van der Waals surface area contributed by atoms with Gasteiger partial charge in [0.15, 0.2) is 5.96 Å². The lowest BCUT2D eigenvalue weighted by atomic mass is 10.1. The minimum atomic E-state index is -0.0750. The zero-order chi connectivity index (χ0) is 17.4. The number of carbonyl (C=O) groups excluding carboxylic acids is 1.